The van der Waals surface area contributed by atoms with Crippen molar-refractivity contribution < 1.29 is 9.21 Å². The van der Waals surface area contributed by atoms with E-state index in [1.807, 2.05) is 83.5 Å². The van der Waals surface area contributed by atoms with Crippen LogP contribution in [-0.4, -0.2) is 30.5 Å². The lowest BCUT2D eigenvalue weighted by Gasteiger charge is -2.09. The fourth-order valence-electron chi connectivity index (χ4n) is 4.20. The average Bonchev–Trinajstić information content (AvgIpc) is 3.58. The van der Waals surface area contributed by atoms with E-state index in [0.717, 1.165) is 33.6 Å². The molecule has 4 heterocycles. The highest BCUT2D eigenvalue weighted by molar-refractivity contribution is 5.93. The van der Waals surface area contributed by atoms with Crippen LogP contribution in [0.15, 0.2) is 102 Å². The smallest absolute Gasteiger partial charge is 0.227 e. The van der Waals surface area contributed by atoms with Crippen molar-refractivity contribution in [1.29, 1.82) is 0 Å². The fraction of sp³-hybridized carbons (Fsp3) is 0.0357. The second kappa shape index (κ2) is 9.38. The number of oxazole rings is 1. The Morgan fingerprint density at radius 1 is 0.946 bits per heavy atom. The summed E-state index contributed by atoms with van der Waals surface area (Å²) in [5.41, 5.74) is 6.49. The number of rotatable bonds is 6. The molecule has 6 aromatic rings. The zero-order chi connectivity index (χ0) is 25.2. The van der Waals surface area contributed by atoms with Gasteiger partial charge in [-0.3, -0.25) is 4.79 Å². The standard InChI is InChI=1S/C28H21N7O2/c1-18(36)31-21-8-5-7-20(15-21)27-26(24-10-2-3-13-35(24)34-27)23-11-12-30-28(33-23)32-22-9-4-6-19(14-22)25-16-29-17-37-25/h2-17H,1H3,(H,31,36)(H,30,32,33). The van der Waals surface area contributed by atoms with Gasteiger partial charge in [-0.15, -0.1) is 0 Å². The van der Waals surface area contributed by atoms with Gasteiger partial charge in [-0.25, -0.2) is 19.5 Å². The SMILES string of the molecule is CC(=O)Nc1cccc(-c2nn3ccccc3c2-c2ccnc(Nc3cccc(-c4cnco4)c3)n2)c1. The molecule has 6 rings (SSSR count). The average molecular weight is 488 g/mol. The largest absolute Gasteiger partial charge is 0.444 e. The number of benzene rings is 2. The van der Waals surface area contributed by atoms with Crippen LogP contribution in [0, 0.1) is 0 Å². The summed E-state index contributed by atoms with van der Waals surface area (Å²) in [6.45, 7) is 1.49. The van der Waals surface area contributed by atoms with Crippen LogP contribution in [0.1, 0.15) is 6.92 Å². The van der Waals surface area contributed by atoms with Crippen LogP contribution in [0.5, 0.6) is 0 Å². The summed E-state index contributed by atoms with van der Waals surface area (Å²) in [6, 6.07) is 23.1. The van der Waals surface area contributed by atoms with E-state index >= 15 is 0 Å². The second-order valence-corrected chi connectivity index (χ2v) is 8.35. The number of fused-ring (bicyclic) bond motifs is 1. The van der Waals surface area contributed by atoms with Crippen LogP contribution in [0.2, 0.25) is 0 Å². The third-order valence-electron chi connectivity index (χ3n) is 5.74. The molecule has 0 unspecified atom stereocenters. The first-order valence-corrected chi connectivity index (χ1v) is 11.6. The summed E-state index contributed by atoms with van der Waals surface area (Å²) < 4.78 is 7.24. The van der Waals surface area contributed by atoms with Crippen LogP contribution in [0.25, 0.3) is 39.4 Å². The third-order valence-corrected chi connectivity index (χ3v) is 5.74. The van der Waals surface area contributed by atoms with Gasteiger partial charge >= 0.3 is 0 Å². The van der Waals surface area contributed by atoms with Gasteiger partial charge in [0.15, 0.2) is 12.2 Å². The summed E-state index contributed by atoms with van der Waals surface area (Å²) in [7, 11) is 0. The molecule has 0 aliphatic carbocycles. The third kappa shape index (κ3) is 4.53. The lowest BCUT2D eigenvalue weighted by atomic mass is 10.0. The number of carbonyl (C=O) groups excluding carboxylic acids is 1. The van der Waals surface area contributed by atoms with E-state index in [1.165, 1.54) is 13.3 Å². The second-order valence-electron chi connectivity index (χ2n) is 8.35. The highest BCUT2D eigenvalue weighted by Crippen LogP contribution is 2.35. The molecule has 2 aromatic carbocycles. The molecule has 9 heteroatoms. The Hall–Kier alpha value is -5.31. The molecule has 2 N–H and O–H groups in total. The van der Waals surface area contributed by atoms with Crippen molar-refractivity contribution in [3.63, 3.8) is 0 Å². The van der Waals surface area contributed by atoms with E-state index in [1.54, 1.807) is 12.4 Å². The molecule has 180 valence electrons. The van der Waals surface area contributed by atoms with Crippen LogP contribution >= 0.6 is 0 Å². The molecule has 9 nitrogen and oxygen atoms in total. The lowest BCUT2D eigenvalue weighted by Crippen LogP contribution is -2.05. The number of anilines is 3. The van der Waals surface area contributed by atoms with Gasteiger partial charge in [0.25, 0.3) is 0 Å². The molecular weight excluding hydrogens is 466 g/mol. The summed E-state index contributed by atoms with van der Waals surface area (Å²) in [5, 5.41) is 11.0. The van der Waals surface area contributed by atoms with Crippen molar-refractivity contribution in [2.45, 2.75) is 6.92 Å². The predicted octanol–water partition coefficient (Wildman–Crippen LogP) is 5.82. The van der Waals surface area contributed by atoms with Crippen LogP contribution in [0.4, 0.5) is 17.3 Å². The predicted molar refractivity (Wildman–Crippen MR) is 141 cm³/mol. The Morgan fingerprint density at radius 2 is 1.78 bits per heavy atom. The first-order chi connectivity index (χ1) is 18.1. The van der Waals surface area contributed by atoms with E-state index in [4.69, 9.17) is 14.5 Å². The number of aromatic nitrogens is 5. The minimum absolute atomic E-state index is 0.133. The van der Waals surface area contributed by atoms with E-state index in [9.17, 15) is 4.79 Å². The van der Waals surface area contributed by atoms with Gasteiger partial charge in [-0.1, -0.05) is 30.3 Å². The van der Waals surface area contributed by atoms with E-state index in [-0.39, 0.29) is 5.91 Å². The van der Waals surface area contributed by atoms with Crippen molar-refractivity contribution in [2.75, 3.05) is 10.6 Å². The van der Waals surface area contributed by atoms with Crippen LogP contribution < -0.4 is 10.6 Å². The molecule has 0 fully saturated rings. The summed E-state index contributed by atoms with van der Waals surface area (Å²) in [4.78, 5) is 24.9. The number of nitrogens with one attached hydrogen (secondary N) is 2. The highest BCUT2D eigenvalue weighted by Gasteiger charge is 2.18. The van der Waals surface area contributed by atoms with Crippen molar-refractivity contribution in [1.82, 2.24) is 24.6 Å². The zero-order valence-electron chi connectivity index (χ0n) is 19.8. The van der Waals surface area contributed by atoms with E-state index in [0.29, 0.717) is 23.1 Å². The minimum Gasteiger partial charge on any atom is -0.444 e. The highest BCUT2D eigenvalue weighted by atomic mass is 16.3. The minimum atomic E-state index is -0.133. The molecule has 0 saturated heterocycles. The van der Waals surface area contributed by atoms with Crippen molar-refractivity contribution in [3.8, 4) is 33.8 Å². The Morgan fingerprint density at radius 3 is 2.62 bits per heavy atom. The molecule has 0 saturated carbocycles. The molecule has 0 aliphatic heterocycles. The van der Waals surface area contributed by atoms with Crippen molar-refractivity contribution in [2.24, 2.45) is 0 Å². The number of pyridine rings is 1. The normalized spacial score (nSPS) is 10.9. The lowest BCUT2D eigenvalue weighted by molar-refractivity contribution is -0.114. The Kier molecular flexibility index (Phi) is 5.62. The van der Waals surface area contributed by atoms with Crippen LogP contribution in [-0.2, 0) is 4.79 Å². The summed E-state index contributed by atoms with van der Waals surface area (Å²) >= 11 is 0. The van der Waals surface area contributed by atoms with Gasteiger partial charge in [0.2, 0.25) is 11.9 Å². The Bertz CT molecular complexity index is 1720. The number of amides is 1. The molecule has 1 amide bonds. The fourth-order valence-corrected chi connectivity index (χ4v) is 4.20. The quantitative estimate of drug-likeness (QED) is 0.305. The molecule has 0 spiro atoms. The maximum atomic E-state index is 11.6. The topological polar surface area (TPSA) is 110 Å². The molecule has 37 heavy (non-hydrogen) atoms. The number of hydrogen-bond acceptors (Lipinski definition) is 7. The maximum Gasteiger partial charge on any atom is 0.227 e. The molecule has 0 bridgehead atoms. The van der Waals surface area contributed by atoms with Gasteiger partial charge in [0, 0.05) is 41.8 Å². The molecule has 0 radical (unpaired) electrons. The molecule has 0 atom stereocenters. The molecule has 0 aliphatic rings. The summed E-state index contributed by atoms with van der Waals surface area (Å²) in [5.74, 6) is 0.988. The first-order valence-electron chi connectivity index (χ1n) is 11.6. The first kappa shape index (κ1) is 22.2. The van der Waals surface area contributed by atoms with Gasteiger partial charge in [-0.05, 0) is 42.5 Å². The zero-order valence-corrected chi connectivity index (χ0v) is 19.8. The van der Waals surface area contributed by atoms with Gasteiger partial charge in [0.1, 0.15) is 5.69 Å². The molecular formula is C28H21N7O2. The van der Waals surface area contributed by atoms with Gasteiger partial charge in [-0.2, -0.15) is 5.10 Å². The van der Waals surface area contributed by atoms with Crippen molar-refractivity contribution >= 4 is 28.7 Å². The number of hydrogen-bond donors (Lipinski definition) is 2. The monoisotopic (exact) mass is 487 g/mol. The Balaban J connectivity index is 1.41. The molecule has 4 aromatic heterocycles. The van der Waals surface area contributed by atoms with E-state index in [2.05, 4.69) is 20.6 Å². The van der Waals surface area contributed by atoms with Gasteiger partial charge in [0.05, 0.1) is 23.0 Å². The Labute approximate surface area is 211 Å². The number of nitrogens with zero attached hydrogens (tertiary/aromatic N) is 5. The van der Waals surface area contributed by atoms with Crippen molar-refractivity contribution in [3.05, 3.63) is 97.8 Å². The maximum absolute atomic E-state index is 11.6. The number of carbonyl (C=O) groups is 1. The van der Waals surface area contributed by atoms with Gasteiger partial charge < -0.3 is 15.1 Å². The van der Waals surface area contributed by atoms with E-state index < -0.39 is 0 Å². The van der Waals surface area contributed by atoms with Crippen LogP contribution in [0.3, 0.4) is 0 Å². The summed E-state index contributed by atoms with van der Waals surface area (Å²) in [6.07, 6.45) is 6.69.